The van der Waals surface area contributed by atoms with Gasteiger partial charge in [0.25, 0.3) is 5.91 Å². The van der Waals surface area contributed by atoms with Crippen LogP contribution in [-0.4, -0.2) is 29.4 Å². The molecule has 0 aliphatic carbocycles. The summed E-state index contributed by atoms with van der Waals surface area (Å²) in [6, 6.07) is 10.7. The largest absolute Gasteiger partial charge is 0.487 e. The van der Waals surface area contributed by atoms with E-state index in [1.165, 1.54) is 0 Å². The van der Waals surface area contributed by atoms with Gasteiger partial charge in [-0.05, 0) is 30.3 Å². The topological polar surface area (TPSA) is 98.6 Å². The van der Waals surface area contributed by atoms with E-state index in [0.717, 1.165) is 5.76 Å². The van der Waals surface area contributed by atoms with E-state index in [4.69, 9.17) is 18.6 Å². The second-order valence-corrected chi connectivity index (χ2v) is 5.67. The Morgan fingerprint density at radius 3 is 3.04 bits per heavy atom. The molecule has 2 N–H and O–H groups in total. The minimum absolute atomic E-state index is 0.220. The van der Waals surface area contributed by atoms with E-state index in [1.807, 2.05) is 12.1 Å². The normalized spacial score (nSPS) is 12.2. The second-order valence-electron chi connectivity index (χ2n) is 5.67. The first kappa shape index (κ1) is 16.1. The molecule has 0 spiro atoms. The predicted molar refractivity (Wildman–Crippen MR) is 90.2 cm³/mol. The van der Waals surface area contributed by atoms with Gasteiger partial charge < -0.3 is 23.9 Å². The fourth-order valence-electron chi connectivity index (χ4n) is 2.52. The number of carbonyl (C=O) groups is 1. The van der Waals surface area contributed by atoms with Crippen molar-refractivity contribution in [3.05, 3.63) is 59.8 Å². The summed E-state index contributed by atoms with van der Waals surface area (Å²) in [6.07, 6.45) is 2.24. The molecular formula is C18H17N3O5. The van der Waals surface area contributed by atoms with E-state index in [0.29, 0.717) is 41.6 Å². The van der Waals surface area contributed by atoms with Gasteiger partial charge in [0, 0.05) is 19.0 Å². The molecule has 26 heavy (non-hydrogen) atoms. The molecule has 0 bridgehead atoms. The summed E-state index contributed by atoms with van der Waals surface area (Å²) in [6.45, 7) is 0.951. The summed E-state index contributed by atoms with van der Waals surface area (Å²) >= 11 is 0. The maximum absolute atomic E-state index is 12.1. The molecule has 1 aromatic carbocycles. The Bertz CT molecular complexity index is 888. The number of ether oxygens (including phenoxy) is 3. The molecular weight excluding hydrogens is 338 g/mol. The maximum atomic E-state index is 12.1. The SMILES string of the molecule is O=C(NCCc1ccco1)c1cc(COc2ccc3c(c2)OCO3)[nH]n1. The van der Waals surface area contributed by atoms with E-state index in [2.05, 4.69) is 15.5 Å². The maximum Gasteiger partial charge on any atom is 0.271 e. The number of furan rings is 1. The van der Waals surface area contributed by atoms with E-state index in [1.54, 1.807) is 30.5 Å². The Morgan fingerprint density at radius 1 is 1.23 bits per heavy atom. The predicted octanol–water partition coefficient (Wildman–Crippen LogP) is 2.28. The Hall–Kier alpha value is -3.42. The van der Waals surface area contributed by atoms with Gasteiger partial charge in [-0.25, -0.2) is 0 Å². The van der Waals surface area contributed by atoms with Crippen LogP contribution in [0.3, 0.4) is 0 Å². The van der Waals surface area contributed by atoms with Crippen LogP contribution in [0.4, 0.5) is 0 Å². The number of nitrogens with one attached hydrogen (secondary N) is 2. The highest BCUT2D eigenvalue weighted by Crippen LogP contribution is 2.35. The lowest BCUT2D eigenvalue weighted by atomic mass is 10.3. The molecule has 0 saturated heterocycles. The molecule has 1 amide bonds. The van der Waals surface area contributed by atoms with Crippen LogP contribution in [0.25, 0.3) is 0 Å². The third kappa shape index (κ3) is 3.64. The van der Waals surface area contributed by atoms with Gasteiger partial charge in [0.2, 0.25) is 6.79 Å². The van der Waals surface area contributed by atoms with Crippen molar-refractivity contribution in [2.75, 3.05) is 13.3 Å². The van der Waals surface area contributed by atoms with Crippen LogP contribution in [0.1, 0.15) is 21.9 Å². The smallest absolute Gasteiger partial charge is 0.271 e. The molecule has 8 nitrogen and oxygen atoms in total. The molecule has 1 aliphatic rings. The van der Waals surface area contributed by atoms with Crippen molar-refractivity contribution in [3.8, 4) is 17.2 Å². The first-order valence-electron chi connectivity index (χ1n) is 8.15. The zero-order valence-electron chi connectivity index (χ0n) is 13.9. The molecule has 134 valence electrons. The van der Waals surface area contributed by atoms with E-state index >= 15 is 0 Å². The van der Waals surface area contributed by atoms with Crippen molar-refractivity contribution in [1.82, 2.24) is 15.5 Å². The van der Waals surface area contributed by atoms with Crippen molar-refractivity contribution in [2.45, 2.75) is 13.0 Å². The van der Waals surface area contributed by atoms with Crippen LogP contribution in [0, 0.1) is 0 Å². The summed E-state index contributed by atoms with van der Waals surface area (Å²) in [7, 11) is 0. The van der Waals surface area contributed by atoms with E-state index in [-0.39, 0.29) is 19.3 Å². The fourth-order valence-corrected chi connectivity index (χ4v) is 2.52. The third-order valence-electron chi connectivity index (χ3n) is 3.84. The highest BCUT2D eigenvalue weighted by atomic mass is 16.7. The van der Waals surface area contributed by atoms with E-state index < -0.39 is 0 Å². The number of H-pyrrole nitrogens is 1. The number of fused-ring (bicyclic) bond motifs is 1. The van der Waals surface area contributed by atoms with Crippen molar-refractivity contribution in [2.24, 2.45) is 0 Å². The minimum Gasteiger partial charge on any atom is -0.487 e. The van der Waals surface area contributed by atoms with E-state index in [9.17, 15) is 4.79 Å². The summed E-state index contributed by atoms with van der Waals surface area (Å²) in [4.78, 5) is 12.1. The van der Waals surface area contributed by atoms with Gasteiger partial charge in [-0.3, -0.25) is 9.89 Å². The Labute approximate surface area is 149 Å². The number of aromatic nitrogens is 2. The summed E-state index contributed by atoms with van der Waals surface area (Å²) in [5.41, 5.74) is 1.01. The number of hydrogen-bond donors (Lipinski definition) is 2. The fraction of sp³-hybridized carbons (Fsp3) is 0.222. The molecule has 0 atom stereocenters. The van der Waals surface area contributed by atoms with Crippen LogP contribution in [0.15, 0.2) is 47.1 Å². The monoisotopic (exact) mass is 355 g/mol. The number of rotatable bonds is 7. The number of hydrogen-bond acceptors (Lipinski definition) is 6. The van der Waals surface area contributed by atoms with Gasteiger partial charge in [-0.2, -0.15) is 5.10 Å². The van der Waals surface area contributed by atoms with Gasteiger partial charge in [0.15, 0.2) is 11.5 Å². The minimum atomic E-state index is -0.248. The number of benzene rings is 1. The summed E-state index contributed by atoms with van der Waals surface area (Å²) in [5, 5.41) is 9.62. The molecule has 2 aromatic heterocycles. The van der Waals surface area contributed by atoms with Crippen LogP contribution >= 0.6 is 0 Å². The zero-order valence-corrected chi connectivity index (χ0v) is 13.9. The van der Waals surface area contributed by atoms with Crippen molar-refractivity contribution in [3.63, 3.8) is 0 Å². The quantitative estimate of drug-likeness (QED) is 0.675. The first-order chi connectivity index (χ1) is 12.8. The van der Waals surface area contributed by atoms with Crippen LogP contribution in [0.2, 0.25) is 0 Å². The molecule has 0 radical (unpaired) electrons. The molecule has 1 aliphatic heterocycles. The van der Waals surface area contributed by atoms with Crippen LogP contribution < -0.4 is 19.5 Å². The molecule has 8 heteroatoms. The van der Waals surface area contributed by atoms with Gasteiger partial charge >= 0.3 is 0 Å². The van der Waals surface area contributed by atoms with Gasteiger partial charge in [0.05, 0.1) is 12.0 Å². The average Bonchev–Trinajstić information content (AvgIpc) is 3.40. The number of amides is 1. The van der Waals surface area contributed by atoms with Gasteiger partial charge in [0.1, 0.15) is 23.8 Å². The lowest BCUT2D eigenvalue weighted by molar-refractivity contribution is 0.0948. The summed E-state index contributed by atoms with van der Waals surface area (Å²) < 4.78 is 21.5. The van der Waals surface area contributed by atoms with Crippen LogP contribution in [0.5, 0.6) is 17.2 Å². The standard InChI is InChI=1S/C18H17N3O5/c22-18(19-6-5-13-2-1-7-23-13)15-8-12(20-21-15)10-24-14-3-4-16-17(9-14)26-11-25-16/h1-4,7-9H,5-6,10-11H2,(H,19,22)(H,20,21). The van der Waals surface area contributed by atoms with Crippen LogP contribution in [-0.2, 0) is 13.0 Å². The van der Waals surface area contributed by atoms with Crippen molar-refractivity contribution in [1.29, 1.82) is 0 Å². The lowest BCUT2D eigenvalue weighted by Gasteiger charge is -2.05. The number of nitrogens with zero attached hydrogens (tertiary/aromatic N) is 1. The van der Waals surface area contributed by atoms with Crippen molar-refractivity contribution < 1.29 is 23.4 Å². The van der Waals surface area contributed by atoms with Gasteiger partial charge in [-0.1, -0.05) is 0 Å². The summed E-state index contributed by atoms with van der Waals surface area (Å²) in [5.74, 6) is 2.58. The molecule has 0 saturated carbocycles. The highest BCUT2D eigenvalue weighted by molar-refractivity contribution is 5.92. The zero-order chi connectivity index (χ0) is 17.8. The lowest BCUT2D eigenvalue weighted by Crippen LogP contribution is -2.25. The molecule has 3 aromatic rings. The first-order valence-corrected chi connectivity index (χ1v) is 8.15. The molecule has 0 unspecified atom stereocenters. The number of carbonyl (C=O) groups excluding carboxylic acids is 1. The Balaban J connectivity index is 1.28. The number of aromatic amines is 1. The second kappa shape index (κ2) is 7.22. The van der Waals surface area contributed by atoms with Gasteiger partial charge in [-0.15, -0.1) is 0 Å². The molecule has 4 rings (SSSR count). The molecule has 0 fully saturated rings. The Kier molecular flexibility index (Phi) is 4.46. The Morgan fingerprint density at radius 2 is 2.15 bits per heavy atom. The third-order valence-corrected chi connectivity index (χ3v) is 3.84. The van der Waals surface area contributed by atoms with Crippen molar-refractivity contribution >= 4 is 5.91 Å². The molecule has 3 heterocycles. The average molecular weight is 355 g/mol. The highest BCUT2D eigenvalue weighted by Gasteiger charge is 2.14.